The van der Waals surface area contributed by atoms with Gasteiger partial charge in [-0.1, -0.05) is 0 Å². The predicted octanol–water partition coefficient (Wildman–Crippen LogP) is 2.03. The number of ether oxygens (including phenoxy) is 1. The van der Waals surface area contributed by atoms with Crippen molar-refractivity contribution in [2.75, 3.05) is 23.4 Å². The largest absolute Gasteiger partial charge is 0.366 e. The highest BCUT2D eigenvalue weighted by Gasteiger charge is 2.39. The van der Waals surface area contributed by atoms with Crippen LogP contribution >= 0.6 is 0 Å². The Morgan fingerprint density at radius 1 is 1.19 bits per heavy atom. The minimum absolute atomic E-state index is 0.206. The van der Waals surface area contributed by atoms with Crippen LogP contribution in [0.2, 0.25) is 0 Å². The Morgan fingerprint density at radius 2 is 1.81 bits per heavy atom. The topological polar surface area (TPSA) is 76.3 Å². The number of nitrogens with zero attached hydrogens (tertiary/aromatic N) is 3. The van der Waals surface area contributed by atoms with Crippen LogP contribution in [0.25, 0.3) is 0 Å². The predicted molar refractivity (Wildman–Crippen MR) is 83.3 cm³/mol. The Labute approximate surface area is 126 Å². The maximum absolute atomic E-state index is 6.13. The SMILES string of the molecule is CC1(C)CN(c2cc(NN)nc(C3CC3)n2)CC(C)(C)O1. The van der Waals surface area contributed by atoms with Gasteiger partial charge in [-0.25, -0.2) is 15.8 Å². The smallest absolute Gasteiger partial charge is 0.145 e. The molecule has 6 nitrogen and oxygen atoms in total. The number of hydrogen-bond donors (Lipinski definition) is 2. The van der Waals surface area contributed by atoms with Crippen LogP contribution in [0.4, 0.5) is 11.6 Å². The molecule has 0 spiro atoms. The number of hydrazine groups is 1. The van der Waals surface area contributed by atoms with Crippen LogP contribution in [-0.2, 0) is 4.74 Å². The summed E-state index contributed by atoms with van der Waals surface area (Å²) in [5.41, 5.74) is 2.25. The van der Waals surface area contributed by atoms with E-state index >= 15 is 0 Å². The van der Waals surface area contributed by atoms with Gasteiger partial charge in [-0.05, 0) is 40.5 Å². The summed E-state index contributed by atoms with van der Waals surface area (Å²) < 4.78 is 6.13. The van der Waals surface area contributed by atoms with Gasteiger partial charge in [0.25, 0.3) is 0 Å². The average molecular weight is 291 g/mol. The van der Waals surface area contributed by atoms with Gasteiger partial charge in [0, 0.05) is 25.1 Å². The zero-order valence-corrected chi connectivity index (χ0v) is 13.3. The van der Waals surface area contributed by atoms with Crippen LogP contribution in [-0.4, -0.2) is 34.3 Å². The first-order valence-electron chi connectivity index (χ1n) is 7.59. The molecule has 0 bridgehead atoms. The molecule has 3 rings (SSSR count). The second-order valence-electron chi connectivity index (χ2n) is 7.37. The summed E-state index contributed by atoms with van der Waals surface area (Å²) in [6, 6.07) is 1.92. The first kappa shape index (κ1) is 14.5. The average Bonchev–Trinajstić information content (AvgIpc) is 3.18. The van der Waals surface area contributed by atoms with E-state index in [-0.39, 0.29) is 11.2 Å². The summed E-state index contributed by atoms with van der Waals surface area (Å²) in [6.45, 7) is 10.1. The second-order valence-corrected chi connectivity index (χ2v) is 7.37. The number of nitrogen functional groups attached to an aromatic ring is 1. The maximum atomic E-state index is 6.13. The lowest BCUT2D eigenvalue weighted by atomic mass is 9.99. The van der Waals surface area contributed by atoms with Crippen LogP contribution in [0, 0.1) is 0 Å². The third kappa shape index (κ3) is 3.27. The van der Waals surface area contributed by atoms with E-state index in [1.165, 1.54) is 12.8 Å². The molecule has 1 aliphatic heterocycles. The van der Waals surface area contributed by atoms with Crippen molar-refractivity contribution in [3.8, 4) is 0 Å². The Bertz CT molecular complexity index is 523. The van der Waals surface area contributed by atoms with Crippen LogP contribution in [0.1, 0.15) is 52.3 Å². The molecule has 2 fully saturated rings. The molecule has 1 saturated carbocycles. The molecular formula is C15H25N5O. The summed E-state index contributed by atoms with van der Waals surface area (Å²) >= 11 is 0. The number of nitrogens with one attached hydrogen (secondary N) is 1. The van der Waals surface area contributed by atoms with Gasteiger partial charge in [0.1, 0.15) is 17.5 Å². The van der Waals surface area contributed by atoms with Crippen molar-refractivity contribution in [1.29, 1.82) is 0 Å². The quantitative estimate of drug-likeness (QED) is 0.655. The minimum atomic E-state index is -0.206. The Balaban J connectivity index is 1.93. The van der Waals surface area contributed by atoms with E-state index in [9.17, 15) is 0 Å². The van der Waals surface area contributed by atoms with Crippen molar-refractivity contribution >= 4 is 11.6 Å². The van der Waals surface area contributed by atoms with Gasteiger partial charge in [-0.15, -0.1) is 0 Å². The van der Waals surface area contributed by atoms with Crippen LogP contribution in [0.15, 0.2) is 6.07 Å². The Kier molecular flexibility index (Phi) is 3.33. The lowest BCUT2D eigenvalue weighted by molar-refractivity contribution is -0.133. The normalized spacial score (nSPS) is 24.0. The van der Waals surface area contributed by atoms with Crippen molar-refractivity contribution in [2.24, 2.45) is 5.84 Å². The molecule has 3 N–H and O–H groups in total. The van der Waals surface area contributed by atoms with Gasteiger partial charge in [-0.2, -0.15) is 0 Å². The van der Waals surface area contributed by atoms with Gasteiger partial charge >= 0.3 is 0 Å². The van der Waals surface area contributed by atoms with E-state index in [1.807, 2.05) is 6.07 Å². The van der Waals surface area contributed by atoms with E-state index in [0.29, 0.717) is 11.7 Å². The van der Waals surface area contributed by atoms with Crippen molar-refractivity contribution in [2.45, 2.75) is 57.7 Å². The first-order chi connectivity index (χ1) is 9.78. The molecule has 6 heteroatoms. The summed E-state index contributed by atoms with van der Waals surface area (Å²) in [4.78, 5) is 11.5. The highest BCUT2D eigenvalue weighted by molar-refractivity contribution is 5.50. The van der Waals surface area contributed by atoms with E-state index in [4.69, 9.17) is 15.6 Å². The minimum Gasteiger partial charge on any atom is -0.366 e. The molecule has 1 aromatic rings. The number of aromatic nitrogens is 2. The Morgan fingerprint density at radius 3 is 2.33 bits per heavy atom. The molecular weight excluding hydrogens is 266 g/mol. The molecule has 2 aliphatic rings. The molecule has 0 unspecified atom stereocenters. The third-order valence-electron chi connectivity index (χ3n) is 3.84. The standard InChI is InChI=1S/C15H25N5O/c1-14(2)8-20(9-15(3,4)21-14)12-7-11(19-16)17-13(18-12)10-5-6-10/h7,10H,5-6,8-9,16H2,1-4H3,(H,17,18,19). The molecule has 0 aromatic carbocycles. The molecule has 2 heterocycles. The van der Waals surface area contributed by atoms with Crippen LogP contribution in [0.5, 0.6) is 0 Å². The maximum Gasteiger partial charge on any atom is 0.145 e. The van der Waals surface area contributed by atoms with Crippen LogP contribution in [0.3, 0.4) is 0 Å². The van der Waals surface area contributed by atoms with E-state index < -0.39 is 0 Å². The lowest BCUT2D eigenvalue weighted by Gasteiger charge is -2.47. The number of anilines is 2. The van der Waals surface area contributed by atoms with Crippen molar-refractivity contribution in [3.63, 3.8) is 0 Å². The highest BCUT2D eigenvalue weighted by atomic mass is 16.5. The molecule has 0 amide bonds. The van der Waals surface area contributed by atoms with E-state index in [1.54, 1.807) is 0 Å². The van der Waals surface area contributed by atoms with Gasteiger partial charge in [0.2, 0.25) is 0 Å². The van der Waals surface area contributed by atoms with Gasteiger partial charge < -0.3 is 15.1 Å². The molecule has 1 aliphatic carbocycles. The fourth-order valence-electron chi connectivity index (χ4n) is 3.16. The van der Waals surface area contributed by atoms with Crippen molar-refractivity contribution < 1.29 is 4.74 Å². The summed E-state index contributed by atoms with van der Waals surface area (Å²) in [6.07, 6.45) is 2.35. The van der Waals surface area contributed by atoms with E-state index in [0.717, 1.165) is 24.7 Å². The monoisotopic (exact) mass is 291 g/mol. The fraction of sp³-hybridized carbons (Fsp3) is 0.733. The van der Waals surface area contributed by atoms with Gasteiger partial charge in [-0.3, -0.25) is 0 Å². The van der Waals surface area contributed by atoms with E-state index in [2.05, 4.69) is 43.0 Å². The molecule has 21 heavy (non-hydrogen) atoms. The fourth-order valence-corrected chi connectivity index (χ4v) is 3.16. The molecule has 1 saturated heterocycles. The lowest BCUT2D eigenvalue weighted by Crippen LogP contribution is -2.57. The zero-order valence-electron chi connectivity index (χ0n) is 13.3. The molecule has 116 valence electrons. The van der Waals surface area contributed by atoms with Gasteiger partial charge in [0.15, 0.2) is 0 Å². The molecule has 1 aromatic heterocycles. The molecule has 0 atom stereocenters. The number of rotatable bonds is 3. The number of nitrogens with two attached hydrogens (primary N) is 1. The Hall–Kier alpha value is -1.40. The van der Waals surface area contributed by atoms with Crippen molar-refractivity contribution in [3.05, 3.63) is 11.9 Å². The second kappa shape index (κ2) is 4.81. The highest BCUT2D eigenvalue weighted by Crippen LogP contribution is 2.39. The number of hydrogen-bond acceptors (Lipinski definition) is 6. The van der Waals surface area contributed by atoms with Gasteiger partial charge in [0.05, 0.1) is 11.2 Å². The molecule has 0 radical (unpaired) electrons. The third-order valence-corrected chi connectivity index (χ3v) is 3.84. The van der Waals surface area contributed by atoms with Crippen LogP contribution < -0.4 is 16.2 Å². The number of morpholine rings is 1. The summed E-state index contributed by atoms with van der Waals surface area (Å²) in [5.74, 6) is 8.58. The zero-order chi connectivity index (χ0) is 15.3. The summed E-state index contributed by atoms with van der Waals surface area (Å²) in [5, 5.41) is 0. The van der Waals surface area contributed by atoms with Crippen molar-refractivity contribution in [1.82, 2.24) is 9.97 Å². The summed E-state index contributed by atoms with van der Waals surface area (Å²) in [7, 11) is 0. The first-order valence-corrected chi connectivity index (χ1v) is 7.59.